The van der Waals surface area contributed by atoms with Crippen molar-refractivity contribution in [3.63, 3.8) is 0 Å². The molecule has 2 amide bonds. The van der Waals surface area contributed by atoms with Crippen LogP contribution in [-0.2, 0) is 6.42 Å². The summed E-state index contributed by atoms with van der Waals surface area (Å²) in [7, 11) is 0. The Kier molecular flexibility index (Phi) is 5.48. The summed E-state index contributed by atoms with van der Waals surface area (Å²) in [6.07, 6.45) is 2.39. The van der Waals surface area contributed by atoms with E-state index >= 15 is 0 Å². The molecule has 0 bridgehead atoms. The summed E-state index contributed by atoms with van der Waals surface area (Å²) < 4.78 is 0. The van der Waals surface area contributed by atoms with Gasteiger partial charge in [-0.15, -0.1) is 11.3 Å². The third-order valence-electron chi connectivity index (χ3n) is 5.78. The van der Waals surface area contributed by atoms with Gasteiger partial charge in [0.1, 0.15) is 5.69 Å². The number of pyridine rings is 1. The predicted molar refractivity (Wildman–Crippen MR) is 131 cm³/mol. The van der Waals surface area contributed by atoms with E-state index in [0.717, 1.165) is 44.9 Å². The zero-order valence-electron chi connectivity index (χ0n) is 18.3. The largest absolute Gasteiger partial charge is 0.308 e. The Bertz CT molecular complexity index is 1360. The van der Waals surface area contributed by atoms with E-state index < -0.39 is 0 Å². The van der Waals surface area contributed by atoms with Crippen LogP contribution in [0.1, 0.15) is 36.9 Å². The molecule has 0 spiro atoms. The van der Waals surface area contributed by atoms with E-state index in [0.29, 0.717) is 17.4 Å². The Balaban J connectivity index is 1.39. The van der Waals surface area contributed by atoms with Crippen molar-refractivity contribution < 1.29 is 9.59 Å². The van der Waals surface area contributed by atoms with E-state index in [1.165, 1.54) is 11.3 Å². The number of anilines is 2. The molecule has 1 N–H and O–H groups in total. The van der Waals surface area contributed by atoms with Gasteiger partial charge in [-0.3, -0.25) is 19.9 Å². The van der Waals surface area contributed by atoms with Gasteiger partial charge in [-0.05, 0) is 61.7 Å². The third-order valence-corrected chi connectivity index (χ3v) is 6.67. The quantitative estimate of drug-likeness (QED) is 0.455. The second kappa shape index (κ2) is 8.60. The molecule has 6 nitrogen and oxygen atoms in total. The molecule has 0 saturated heterocycles. The number of benzene rings is 2. The predicted octanol–water partition coefficient (Wildman–Crippen LogP) is 5.28. The average Bonchev–Trinajstić information content (AvgIpc) is 3.42. The Labute approximate surface area is 195 Å². The van der Waals surface area contributed by atoms with Crippen LogP contribution in [0.3, 0.4) is 0 Å². The number of nitrogens with zero attached hydrogens (tertiary/aromatic N) is 3. The normalized spacial score (nSPS) is 12.5. The fraction of sp³-hybridized carbons (Fsp3) is 0.154. The lowest BCUT2D eigenvalue weighted by Gasteiger charge is -2.18. The van der Waals surface area contributed by atoms with Crippen LogP contribution >= 0.6 is 11.3 Å². The first-order chi connectivity index (χ1) is 16.0. The van der Waals surface area contributed by atoms with Crippen LogP contribution in [0.15, 0.2) is 66.9 Å². The third kappa shape index (κ3) is 4.03. The van der Waals surface area contributed by atoms with E-state index in [4.69, 9.17) is 0 Å². The van der Waals surface area contributed by atoms with Gasteiger partial charge in [-0.1, -0.05) is 30.3 Å². The highest BCUT2D eigenvalue weighted by atomic mass is 32.1. The van der Waals surface area contributed by atoms with Gasteiger partial charge in [-0.2, -0.15) is 0 Å². The minimum atomic E-state index is -0.282. The van der Waals surface area contributed by atoms with Gasteiger partial charge in [0.25, 0.3) is 11.8 Å². The molecule has 0 unspecified atom stereocenters. The zero-order chi connectivity index (χ0) is 22.9. The Hall–Kier alpha value is -3.84. The molecule has 0 aliphatic carbocycles. The van der Waals surface area contributed by atoms with Gasteiger partial charge >= 0.3 is 0 Å². The Morgan fingerprint density at radius 3 is 2.64 bits per heavy atom. The van der Waals surface area contributed by atoms with Crippen LogP contribution in [0.4, 0.5) is 10.8 Å². The Morgan fingerprint density at radius 2 is 1.85 bits per heavy atom. The molecular formula is C26H22N4O2S. The van der Waals surface area contributed by atoms with Crippen LogP contribution in [0.5, 0.6) is 0 Å². The highest BCUT2D eigenvalue weighted by molar-refractivity contribution is 7.16. The number of hydrogen-bond acceptors (Lipinski definition) is 5. The summed E-state index contributed by atoms with van der Waals surface area (Å²) in [6.45, 7) is 4.61. The standard InChI is InChI=1S/C26H22N4O2S/c1-16-7-3-4-8-20(16)25(32)30-14-12-18-15-19(10-11-22(18)30)23-17(2)33-26(28-23)29-24(31)21-9-5-6-13-27-21/h3-11,13,15H,12,14H2,1-2H3,(H,28,29,31). The fourth-order valence-electron chi connectivity index (χ4n) is 4.09. The minimum Gasteiger partial charge on any atom is -0.308 e. The molecule has 2 aromatic heterocycles. The van der Waals surface area contributed by atoms with E-state index in [2.05, 4.69) is 21.4 Å². The molecule has 164 valence electrons. The first kappa shape index (κ1) is 21.0. The fourth-order valence-corrected chi connectivity index (χ4v) is 4.93. The van der Waals surface area contributed by atoms with Crippen molar-refractivity contribution in [3.8, 4) is 11.3 Å². The number of aromatic nitrogens is 2. The number of amides is 2. The number of hydrogen-bond donors (Lipinski definition) is 1. The van der Waals surface area contributed by atoms with Crippen LogP contribution in [0.2, 0.25) is 0 Å². The monoisotopic (exact) mass is 454 g/mol. The number of rotatable bonds is 4. The summed E-state index contributed by atoms with van der Waals surface area (Å²) in [5.41, 5.74) is 5.95. The summed E-state index contributed by atoms with van der Waals surface area (Å²) >= 11 is 1.43. The van der Waals surface area contributed by atoms with Gasteiger partial charge < -0.3 is 4.90 Å². The van der Waals surface area contributed by atoms with E-state index in [1.54, 1.807) is 24.4 Å². The van der Waals surface area contributed by atoms with Crippen molar-refractivity contribution in [2.45, 2.75) is 20.3 Å². The summed E-state index contributed by atoms with van der Waals surface area (Å²) in [4.78, 5) is 37.2. The van der Waals surface area contributed by atoms with Gasteiger partial charge in [0.2, 0.25) is 0 Å². The van der Waals surface area contributed by atoms with Gasteiger partial charge in [-0.25, -0.2) is 4.98 Å². The molecule has 1 aliphatic rings. The molecule has 1 aliphatic heterocycles. The molecule has 0 radical (unpaired) electrons. The van der Waals surface area contributed by atoms with Crippen molar-refractivity contribution in [1.82, 2.24) is 9.97 Å². The smallest absolute Gasteiger partial charge is 0.276 e. The molecule has 33 heavy (non-hydrogen) atoms. The van der Waals surface area contributed by atoms with Gasteiger partial charge in [0.05, 0.1) is 5.69 Å². The van der Waals surface area contributed by atoms with Crippen molar-refractivity contribution >= 4 is 34.0 Å². The number of thiazole rings is 1. The molecule has 2 aromatic carbocycles. The number of carbonyl (C=O) groups is 2. The first-order valence-corrected chi connectivity index (χ1v) is 11.5. The van der Waals surface area contributed by atoms with Crippen molar-refractivity contribution in [1.29, 1.82) is 0 Å². The van der Waals surface area contributed by atoms with Crippen molar-refractivity contribution in [2.24, 2.45) is 0 Å². The van der Waals surface area contributed by atoms with Crippen LogP contribution in [0, 0.1) is 13.8 Å². The second-order valence-electron chi connectivity index (χ2n) is 7.96. The second-order valence-corrected chi connectivity index (χ2v) is 9.16. The number of nitrogens with one attached hydrogen (secondary N) is 1. The maximum atomic E-state index is 13.1. The molecule has 0 atom stereocenters. The van der Waals surface area contributed by atoms with E-state index in [9.17, 15) is 9.59 Å². The number of aryl methyl sites for hydroxylation is 2. The summed E-state index contributed by atoms with van der Waals surface area (Å²) in [5.74, 6) is -0.251. The van der Waals surface area contributed by atoms with Crippen LogP contribution < -0.4 is 10.2 Å². The lowest BCUT2D eigenvalue weighted by Crippen LogP contribution is -2.29. The molecule has 7 heteroatoms. The lowest BCUT2D eigenvalue weighted by atomic mass is 10.0. The lowest BCUT2D eigenvalue weighted by molar-refractivity contribution is 0.0987. The van der Waals surface area contributed by atoms with Gasteiger partial charge in [0, 0.05) is 34.4 Å². The van der Waals surface area contributed by atoms with Crippen LogP contribution in [0.25, 0.3) is 11.3 Å². The summed E-state index contributed by atoms with van der Waals surface area (Å²) in [5, 5.41) is 3.38. The minimum absolute atomic E-state index is 0.0314. The molecule has 0 saturated carbocycles. The maximum Gasteiger partial charge on any atom is 0.276 e. The van der Waals surface area contributed by atoms with Crippen LogP contribution in [-0.4, -0.2) is 28.3 Å². The first-order valence-electron chi connectivity index (χ1n) is 10.7. The van der Waals surface area contributed by atoms with E-state index in [1.807, 2.05) is 55.1 Å². The van der Waals surface area contributed by atoms with Crippen molar-refractivity contribution in [2.75, 3.05) is 16.8 Å². The number of fused-ring (bicyclic) bond motifs is 1. The average molecular weight is 455 g/mol. The molecular weight excluding hydrogens is 432 g/mol. The SMILES string of the molecule is Cc1ccccc1C(=O)N1CCc2cc(-c3nc(NC(=O)c4ccccn4)sc3C)ccc21. The highest BCUT2D eigenvalue weighted by Gasteiger charge is 2.27. The molecule has 3 heterocycles. The number of carbonyl (C=O) groups excluding carboxylic acids is 2. The molecule has 5 rings (SSSR count). The highest BCUT2D eigenvalue weighted by Crippen LogP contribution is 2.36. The molecule has 4 aromatic rings. The summed E-state index contributed by atoms with van der Waals surface area (Å²) in [6, 6.07) is 19.0. The topological polar surface area (TPSA) is 75.2 Å². The zero-order valence-corrected chi connectivity index (χ0v) is 19.1. The Morgan fingerprint density at radius 1 is 1.03 bits per heavy atom. The maximum absolute atomic E-state index is 13.1. The van der Waals surface area contributed by atoms with E-state index in [-0.39, 0.29) is 11.8 Å². The molecule has 0 fully saturated rings. The van der Waals surface area contributed by atoms with Gasteiger partial charge in [0.15, 0.2) is 5.13 Å². The van der Waals surface area contributed by atoms with Crippen molar-refractivity contribution in [3.05, 3.63) is 94.1 Å².